The standard InChI is InChI=1S/C30H32Cl2N6O2/c1-5-37(38-10-12-40-13-11-38)18-21-16-27(33-36(21)4)19-6-9-28-23(14-19)24-17-25(22-8-7-20(31)15-26(22)32)30(39)35(3)29(24)34(28)2/h6-9,14-17H,5,10-13,18H2,1-4H3. The van der Waals surface area contributed by atoms with E-state index in [4.69, 9.17) is 33.0 Å². The van der Waals surface area contributed by atoms with Crippen molar-refractivity contribution >= 4 is 45.1 Å². The molecule has 0 bridgehead atoms. The number of aryl methyl sites for hydroxylation is 3. The van der Waals surface area contributed by atoms with Crippen LogP contribution in [0.3, 0.4) is 0 Å². The van der Waals surface area contributed by atoms with Crippen LogP contribution in [0.15, 0.2) is 53.3 Å². The van der Waals surface area contributed by atoms with Gasteiger partial charge in [0.05, 0.1) is 41.7 Å². The number of ether oxygens (including phenoxy) is 1. The van der Waals surface area contributed by atoms with E-state index in [2.05, 4.69) is 45.8 Å². The zero-order chi connectivity index (χ0) is 28.1. The van der Waals surface area contributed by atoms with Crippen LogP contribution in [0, 0.1) is 0 Å². The Hall–Kier alpha value is -3.14. The average Bonchev–Trinajstić information content (AvgIpc) is 3.46. The zero-order valence-electron chi connectivity index (χ0n) is 23.1. The molecule has 4 heterocycles. The van der Waals surface area contributed by atoms with Gasteiger partial charge in [0.1, 0.15) is 5.65 Å². The highest BCUT2D eigenvalue weighted by atomic mass is 35.5. The molecule has 5 aromatic rings. The first kappa shape index (κ1) is 27.1. The molecule has 0 amide bonds. The first-order chi connectivity index (χ1) is 19.3. The Labute approximate surface area is 242 Å². The van der Waals surface area contributed by atoms with Crippen LogP contribution < -0.4 is 5.56 Å². The summed E-state index contributed by atoms with van der Waals surface area (Å²) in [5, 5.41) is 12.6. The van der Waals surface area contributed by atoms with Crippen molar-refractivity contribution in [1.82, 2.24) is 28.9 Å². The van der Waals surface area contributed by atoms with E-state index in [1.165, 1.54) is 0 Å². The fraction of sp³-hybridized carbons (Fsp3) is 0.333. The summed E-state index contributed by atoms with van der Waals surface area (Å²) >= 11 is 12.6. The van der Waals surface area contributed by atoms with Gasteiger partial charge in [-0.15, -0.1) is 0 Å². The van der Waals surface area contributed by atoms with E-state index >= 15 is 0 Å². The normalized spacial score (nSPS) is 14.7. The number of pyridine rings is 1. The highest BCUT2D eigenvalue weighted by Crippen LogP contribution is 2.35. The highest BCUT2D eigenvalue weighted by molar-refractivity contribution is 6.36. The number of aromatic nitrogens is 4. The molecular formula is C30H32Cl2N6O2. The Morgan fingerprint density at radius 3 is 2.42 bits per heavy atom. The minimum absolute atomic E-state index is 0.113. The molecule has 0 saturated carbocycles. The van der Waals surface area contributed by atoms with Crippen LogP contribution in [0.25, 0.3) is 44.3 Å². The first-order valence-electron chi connectivity index (χ1n) is 13.4. The summed E-state index contributed by atoms with van der Waals surface area (Å²) in [6, 6.07) is 15.7. The van der Waals surface area contributed by atoms with Crippen molar-refractivity contribution in [3.05, 3.63) is 74.6 Å². The number of morpholine rings is 1. The quantitative estimate of drug-likeness (QED) is 0.267. The maximum Gasteiger partial charge on any atom is 0.259 e. The summed E-state index contributed by atoms with van der Waals surface area (Å²) in [6.45, 7) is 7.21. The fourth-order valence-electron chi connectivity index (χ4n) is 5.78. The van der Waals surface area contributed by atoms with E-state index in [-0.39, 0.29) is 5.56 Å². The van der Waals surface area contributed by atoms with Gasteiger partial charge < -0.3 is 9.30 Å². The second-order valence-corrected chi connectivity index (χ2v) is 11.1. The largest absolute Gasteiger partial charge is 0.379 e. The summed E-state index contributed by atoms with van der Waals surface area (Å²) in [7, 11) is 5.79. The molecule has 3 aromatic heterocycles. The van der Waals surface area contributed by atoms with Gasteiger partial charge in [0.2, 0.25) is 0 Å². The number of fused-ring (bicyclic) bond motifs is 3. The van der Waals surface area contributed by atoms with Gasteiger partial charge in [-0.25, -0.2) is 10.0 Å². The summed E-state index contributed by atoms with van der Waals surface area (Å²) in [5.74, 6) is 0. The fourth-order valence-corrected chi connectivity index (χ4v) is 6.29. The second-order valence-electron chi connectivity index (χ2n) is 10.3. The van der Waals surface area contributed by atoms with Crippen LogP contribution in [-0.4, -0.2) is 61.8 Å². The summed E-state index contributed by atoms with van der Waals surface area (Å²) in [5.41, 5.74) is 6.05. The van der Waals surface area contributed by atoms with Gasteiger partial charge in [-0.2, -0.15) is 5.10 Å². The molecular weight excluding hydrogens is 547 g/mol. The molecule has 0 unspecified atom stereocenters. The zero-order valence-corrected chi connectivity index (χ0v) is 24.6. The molecule has 1 saturated heterocycles. The molecule has 208 valence electrons. The van der Waals surface area contributed by atoms with Crippen LogP contribution in [0.5, 0.6) is 0 Å². The summed E-state index contributed by atoms with van der Waals surface area (Å²) in [4.78, 5) is 13.4. The molecule has 0 aliphatic carbocycles. The van der Waals surface area contributed by atoms with Gasteiger partial charge in [0.25, 0.3) is 5.56 Å². The molecule has 2 aromatic carbocycles. The van der Waals surface area contributed by atoms with Crippen molar-refractivity contribution in [3.63, 3.8) is 0 Å². The third-order valence-electron chi connectivity index (χ3n) is 7.94. The van der Waals surface area contributed by atoms with Crippen molar-refractivity contribution < 1.29 is 4.74 Å². The molecule has 40 heavy (non-hydrogen) atoms. The lowest BCUT2D eigenvalue weighted by atomic mass is 10.0. The van der Waals surface area contributed by atoms with Crippen molar-refractivity contribution in [1.29, 1.82) is 0 Å². The molecule has 6 rings (SSSR count). The van der Waals surface area contributed by atoms with Gasteiger partial charge in [-0.05, 0) is 36.4 Å². The number of nitrogens with zero attached hydrogens (tertiary/aromatic N) is 6. The molecule has 0 atom stereocenters. The Bertz CT molecular complexity index is 1800. The maximum absolute atomic E-state index is 13.4. The minimum atomic E-state index is -0.113. The van der Waals surface area contributed by atoms with Crippen molar-refractivity contribution in [2.24, 2.45) is 21.1 Å². The lowest BCUT2D eigenvalue weighted by Gasteiger charge is -2.36. The monoisotopic (exact) mass is 578 g/mol. The molecule has 1 aliphatic rings. The third-order valence-corrected chi connectivity index (χ3v) is 8.49. The van der Waals surface area contributed by atoms with E-state index in [9.17, 15) is 4.79 Å². The average molecular weight is 580 g/mol. The van der Waals surface area contributed by atoms with Crippen molar-refractivity contribution in [3.8, 4) is 22.4 Å². The van der Waals surface area contributed by atoms with E-state index in [1.54, 1.807) is 29.8 Å². The molecule has 0 N–H and O–H groups in total. The predicted molar refractivity (Wildman–Crippen MR) is 162 cm³/mol. The number of hydrogen-bond acceptors (Lipinski definition) is 5. The number of halogens is 2. The lowest BCUT2D eigenvalue weighted by Crippen LogP contribution is -2.48. The minimum Gasteiger partial charge on any atom is -0.379 e. The van der Waals surface area contributed by atoms with Crippen LogP contribution in [0.1, 0.15) is 12.6 Å². The lowest BCUT2D eigenvalue weighted by molar-refractivity contribution is -0.0935. The number of hydrogen-bond donors (Lipinski definition) is 0. The van der Waals surface area contributed by atoms with Gasteiger partial charge in [0.15, 0.2) is 0 Å². The Balaban J connectivity index is 1.43. The molecule has 0 radical (unpaired) electrons. The number of benzene rings is 2. The van der Waals surface area contributed by atoms with E-state index in [0.29, 0.717) is 21.2 Å². The molecule has 0 spiro atoms. The third kappa shape index (κ3) is 4.63. The van der Waals surface area contributed by atoms with Crippen molar-refractivity contribution in [2.75, 3.05) is 32.8 Å². The van der Waals surface area contributed by atoms with Crippen LogP contribution >= 0.6 is 23.2 Å². The van der Waals surface area contributed by atoms with Crippen molar-refractivity contribution in [2.45, 2.75) is 13.5 Å². The smallest absolute Gasteiger partial charge is 0.259 e. The van der Waals surface area contributed by atoms with Crippen LogP contribution in [-0.2, 0) is 32.4 Å². The van der Waals surface area contributed by atoms with Gasteiger partial charge in [-0.3, -0.25) is 14.0 Å². The van der Waals surface area contributed by atoms with Gasteiger partial charge in [0, 0.05) is 73.3 Å². The van der Waals surface area contributed by atoms with Crippen LogP contribution in [0.2, 0.25) is 10.0 Å². The first-order valence-corrected chi connectivity index (χ1v) is 14.2. The molecule has 1 fully saturated rings. The maximum atomic E-state index is 13.4. The summed E-state index contributed by atoms with van der Waals surface area (Å²) < 4.78 is 11.3. The van der Waals surface area contributed by atoms with E-state index in [0.717, 1.165) is 78.3 Å². The van der Waals surface area contributed by atoms with Gasteiger partial charge >= 0.3 is 0 Å². The SMILES string of the molecule is CCN(Cc1cc(-c2ccc3c(c2)c2cc(-c4ccc(Cl)cc4Cl)c(=O)n(C)c2n3C)nn1C)N1CCOCC1. The summed E-state index contributed by atoms with van der Waals surface area (Å²) in [6.07, 6.45) is 0. The molecule has 10 heteroatoms. The van der Waals surface area contributed by atoms with E-state index < -0.39 is 0 Å². The second kappa shape index (κ2) is 10.7. The van der Waals surface area contributed by atoms with E-state index in [1.807, 2.05) is 24.8 Å². The Morgan fingerprint density at radius 1 is 0.925 bits per heavy atom. The Morgan fingerprint density at radius 2 is 1.70 bits per heavy atom. The molecule has 1 aliphatic heterocycles. The number of hydrazine groups is 1. The Kier molecular flexibility index (Phi) is 7.23. The van der Waals surface area contributed by atoms with Gasteiger partial charge in [-0.1, -0.05) is 42.3 Å². The molecule has 8 nitrogen and oxygen atoms in total. The highest BCUT2D eigenvalue weighted by Gasteiger charge is 2.21. The van der Waals surface area contributed by atoms with Crippen LogP contribution in [0.4, 0.5) is 0 Å². The predicted octanol–water partition coefficient (Wildman–Crippen LogP) is 5.47. The number of rotatable bonds is 6. The topological polar surface area (TPSA) is 60.5 Å².